The molecule has 0 fully saturated rings. The summed E-state index contributed by atoms with van der Waals surface area (Å²) in [5.41, 5.74) is 13.0. The second-order valence-corrected chi connectivity index (χ2v) is 21.3. The number of aryl methyl sites for hydroxylation is 6. The Balaban J connectivity index is 0.000000685. The van der Waals surface area contributed by atoms with Crippen LogP contribution in [0.2, 0.25) is 0 Å². The second kappa shape index (κ2) is 24.4. The molecule has 4 heterocycles. The predicted molar refractivity (Wildman–Crippen MR) is 313 cm³/mol. The first kappa shape index (κ1) is 54.6. The van der Waals surface area contributed by atoms with Crippen LogP contribution in [0, 0.1) is 47.5 Å². The number of anilines is 1. The van der Waals surface area contributed by atoms with E-state index >= 15 is 0 Å². The van der Waals surface area contributed by atoms with Crippen LogP contribution in [0.25, 0.3) is 53.3 Å². The average molecular weight is 1100 g/mol. The number of aliphatic imine (C=N–C) groups is 2. The van der Waals surface area contributed by atoms with Crippen LogP contribution in [0.15, 0.2) is 143 Å². The smallest absolute Gasteiger partial charge is 0.792 e. The summed E-state index contributed by atoms with van der Waals surface area (Å²) in [7, 11) is 0. The summed E-state index contributed by atoms with van der Waals surface area (Å²) in [6, 6.07) is 43.5. The zero-order chi connectivity index (χ0) is 52.0. The minimum atomic E-state index is -0.302. The summed E-state index contributed by atoms with van der Waals surface area (Å²) in [5.74, 6) is 2.49. The van der Waals surface area contributed by atoms with E-state index in [1.165, 1.54) is 48.4 Å². The number of rotatable bonds is 13. The van der Waals surface area contributed by atoms with E-state index < -0.39 is 0 Å². The van der Waals surface area contributed by atoms with E-state index in [4.69, 9.17) is 37.6 Å². The molecule has 2 N–H and O–H groups in total. The zero-order valence-electron chi connectivity index (χ0n) is 43.8. The standard InChI is InChI=1S/C54H43N7O2S2.C8H18S.Zn/c1-29-23-25-35(33(5)27-29)43-45(53-55-39-19-11-13-21-41(39)64-53)49(60-51(62)37-17-9-7-15-31(37)3)58-47(43)57-48-44(36-26-24-30(2)28-34(36)6)46(54-56-40-20-12-14-22-42(40)65-54)50(59-48)61-52(63)38-18-10-8-16-32(38)4;1-3-5-6-8(4-2)7-9;/h7-28H,1-6H3,(H3,55,56,57,58,59,60,61,62,63);8-9H,3-7H2,1-2H3;/q;;+2/p-2. The Labute approximate surface area is 466 Å². The number of nitrogens with one attached hydrogen (secondary N) is 2. The van der Waals surface area contributed by atoms with Crippen LogP contribution >= 0.6 is 22.7 Å². The SMILES string of the molecule is CCCCC(CC)C[S-].Cc1ccc(C2=C(c3nc4ccccc4s3)C(NC(=O)c3ccccc3C)=N/C2=N\c2[n-]c(NC(=O)c3ccccc3C)c(-c3nc4ccccc4s3)c2-c2ccc(C)cc2C)c(C)c1.[Zn+2]. The number of fused-ring (bicyclic) bond motifs is 2. The third kappa shape index (κ3) is 11.9. The van der Waals surface area contributed by atoms with Gasteiger partial charge in [-0.1, -0.05) is 160 Å². The maximum atomic E-state index is 14.3. The molecule has 1 aliphatic rings. The molecule has 374 valence electrons. The number of hydrogen-bond acceptors (Lipinski definition) is 8. The third-order valence-electron chi connectivity index (χ3n) is 13.4. The maximum absolute atomic E-state index is 14.3. The first-order valence-electron chi connectivity index (χ1n) is 25.2. The number of benzene rings is 6. The van der Waals surface area contributed by atoms with Crippen molar-refractivity contribution in [1.82, 2.24) is 20.3 Å². The molecule has 0 saturated carbocycles. The quantitative estimate of drug-likeness (QED) is 0.0876. The summed E-state index contributed by atoms with van der Waals surface area (Å²) < 4.78 is 1.99. The van der Waals surface area contributed by atoms with Crippen molar-refractivity contribution < 1.29 is 29.1 Å². The molecule has 13 heteroatoms. The molecule has 3 aromatic heterocycles. The molecule has 75 heavy (non-hydrogen) atoms. The molecule has 1 atom stereocenters. The van der Waals surface area contributed by atoms with Crippen molar-refractivity contribution >= 4 is 102 Å². The van der Waals surface area contributed by atoms with E-state index in [0.717, 1.165) is 76.6 Å². The molecule has 0 bridgehead atoms. The molecule has 10 rings (SSSR count). The van der Waals surface area contributed by atoms with Crippen molar-refractivity contribution in [2.45, 2.75) is 81.1 Å². The van der Waals surface area contributed by atoms with Crippen LogP contribution in [0.4, 0.5) is 11.6 Å². The van der Waals surface area contributed by atoms with Gasteiger partial charge in [0.05, 0.1) is 31.8 Å². The van der Waals surface area contributed by atoms with E-state index in [1.807, 2.05) is 111 Å². The summed E-state index contributed by atoms with van der Waals surface area (Å²) in [6.07, 6.45) is 5.28. The van der Waals surface area contributed by atoms with Crippen LogP contribution in [0.1, 0.15) is 104 Å². The molecule has 0 saturated heterocycles. The molecular formula is C62H59N7O2S3Zn. The molecule has 0 aliphatic carbocycles. The fourth-order valence-corrected chi connectivity index (χ4v) is 11.8. The Kier molecular flexibility index (Phi) is 17.7. The van der Waals surface area contributed by atoms with E-state index in [0.29, 0.717) is 66.7 Å². The first-order chi connectivity index (χ1) is 35.8. The zero-order valence-corrected chi connectivity index (χ0v) is 49.2. The van der Waals surface area contributed by atoms with Crippen molar-refractivity contribution in [3.8, 4) is 21.7 Å². The van der Waals surface area contributed by atoms with E-state index in [2.05, 4.69) is 88.6 Å². The van der Waals surface area contributed by atoms with Crippen LogP contribution in [-0.2, 0) is 32.1 Å². The van der Waals surface area contributed by atoms with Gasteiger partial charge in [0.1, 0.15) is 15.9 Å². The van der Waals surface area contributed by atoms with Crippen molar-refractivity contribution in [2.75, 3.05) is 11.1 Å². The minimum Gasteiger partial charge on any atom is -0.792 e. The number of nitrogens with zero attached hydrogens (tertiary/aromatic N) is 5. The largest absolute Gasteiger partial charge is 2.00 e. The average Bonchev–Trinajstić information content (AvgIpc) is 4.18. The van der Waals surface area contributed by atoms with Gasteiger partial charge in [0.2, 0.25) is 5.91 Å². The molecule has 9 aromatic rings. The van der Waals surface area contributed by atoms with E-state index in [9.17, 15) is 9.59 Å². The minimum absolute atomic E-state index is 0. The predicted octanol–water partition coefficient (Wildman–Crippen LogP) is 15.5. The van der Waals surface area contributed by atoms with Gasteiger partial charge in [0.15, 0.2) is 0 Å². The molecule has 1 aliphatic heterocycles. The number of amidine groups is 2. The van der Waals surface area contributed by atoms with E-state index in [1.54, 1.807) is 0 Å². The van der Waals surface area contributed by atoms with Crippen LogP contribution in [0.3, 0.4) is 0 Å². The van der Waals surface area contributed by atoms with Gasteiger partial charge in [0.25, 0.3) is 5.91 Å². The normalized spacial score (nSPS) is 13.1. The third-order valence-corrected chi connectivity index (χ3v) is 16.0. The Bertz CT molecular complexity index is 3610. The monoisotopic (exact) mass is 1090 g/mol. The molecule has 6 aromatic carbocycles. The van der Waals surface area contributed by atoms with Crippen molar-refractivity contribution in [3.05, 3.63) is 189 Å². The second-order valence-electron chi connectivity index (χ2n) is 18.9. The van der Waals surface area contributed by atoms with Gasteiger partial charge < -0.3 is 33.2 Å². The number of thiazole rings is 2. The molecule has 1 unspecified atom stereocenters. The Morgan fingerprint density at radius 3 is 1.71 bits per heavy atom. The Morgan fingerprint density at radius 2 is 1.16 bits per heavy atom. The number of hydrogen-bond donors (Lipinski definition) is 2. The van der Waals surface area contributed by atoms with E-state index in [-0.39, 0.29) is 31.3 Å². The topological polar surface area (TPSA) is 123 Å². The van der Waals surface area contributed by atoms with Gasteiger partial charge in [-0.05, 0) is 105 Å². The molecule has 0 radical (unpaired) electrons. The number of aromatic nitrogens is 3. The number of amides is 2. The van der Waals surface area contributed by atoms with Gasteiger partial charge in [-0.2, -0.15) is 5.75 Å². The van der Waals surface area contributed by atoms with Crippen LogP contribution in [0.5, 0.6) is 0 Å². The van der Waals surface area contributed by atoms with Gasteiger partial charge in [-0.25, -0.2) is 15.0 Å². The Morgan fingerprint density at radius 1 is 0.627 bits per heavy atom. The summed E-state index contributed by atoms with van der Waals surface area (Å²) in [6.45, 7) is 16.6. The fraction of sp³-hybridized carbons (Fsp3) is 0.226. The summed E-state index contributed by atoms with van der Waals surface area (Å²) >= 11 is 8.04. The van der Waals surface area contributed by atoms with Gasteiger partial charge in [-0.3, -0.25) is 9.59 Å². The van der Waals surface area contributed by atoms with Gasteiger partial charge in [0, 0.05) is 39.5 Å². The van der Waals surface area contributed by atoms with Gasteiger partial charge >= 0.3 is 19.5 Å². The fourth-order valence-electron chi connectivity index (χ4n) is 9.32. The molecule has 9 nitrogen and oxygen atoms in total. The van der Waals surface area contributed by atoms with Crippen LogP contribution < -0.4 is 15.6 Å². The van der Waals surface area contributed by atoms with Crippen molar-refractivity contribution in [1.29, 1.82) is 0 Å². The first-order valence-corrected chi connectivity index (χ1v) is 27.4. The molecular weight excluding hydrogens is 1040 g/mol. The molecule has 0 spiro atoms. The summed E-state index contributed by atoms with van der Waals surface area (Å²) in [4.78, 5) is 54.8. The van der Waals surface area contributed by atoms with Crippen molar-refractivity contribution in [2.24, 2.45) is 15.9 Å². The maximum Gasteiger partial charge on any atom is 2.00 e. The number of carbonyl (C=O) groups excluding carboxylic acids is 2. The van der Waals surface area contributed by atoms with Gasteiger partial charge in [-0.15, -0.1) is 22.7 Å². The summed E-state index contributed by atoms with van der Waals surface area (Å²) in [5, 5.41) is 7.76. The van der Waals surface area contributed by atoms with Crippen molar-refractivity contribution in [3.63, 3.8) is 0 Å². The van der Waals surface area contributed by atoms with Crippen LogP contribution in [-0.4, -0.2) is 39.2 Å². The number of para-hydroxylation sites is 2. The number of unbranched alkanes of at least 4 members (excludes halogenated alkanes) is 1. The number of carbonyl (C=O) groups is 2. The Hall–Kier alpha value is -6.63. The molecule has 2 amide bonds.